The fourth-order valence-electron chi connectivity index (χ4n) is 2.46. The van der Waals surface area contributed by atoms with E-state index in [1.165, 1.54) is 6.07 Å². The zero-order valence-electron chi connectivity index (χ0n) is 12.2. The highest BCUT2D eigenvalue weighted by Gasteiger charge is 2.40. The van der Waals surface area contributed by atoms with Crippen LogP contribution in [0.2, 0.25) is 0 Å². The molecular weight excluding hydrogens is 322 g/mol. The molecule has 12 heteroatoms. The van der Waals surface area contributed by atoms with Crippen molar-refractivity contribution in [3.8, 4) is 23.0 Å². The summed E-state index contributed by atoms with van der Waals surface area (Å²) in [6.45, 7) is 0. The predicted molar refractivity (Wildman–Crippen MR) is 85.4 cm³/mol. The molecule has 2 aromatic rings. The summed E-state index contributed by atoms with van der Waals surface area (Å²) < 4.78 is 10.4. The highest BCUT2D eigenvalue weighted by atomic mass is 16.8. The van der Waals surface area contributed by atoms with Crippen molar-refractivity contribution in [3.05, 3.63) is 16.3 Å². The molecule has 0 aliphatic carbocycles. The Balaban J connectivity index is 2.60. The molecule has 0 spiro atoms. The number of ether oxygens (including phenoxy) is 2. The molecule has 14 N–H and O–H groups in total. The summed E-state index contributed by atoms with van der Waals surface area (Å²) in [6, 6.07) is -0.715. The lowest BCUT2D eigenvalue weighted by Crippen LogP contribution is -2.56. The molecule has 0 bridgehead atoms. The van der Waals surface area contributed by atoms with Crippen molar-refractivity contribution >= 4 is 27.8 Å². The quantitative estimate of drug-likeness (QED) is 0.175. The maximum atomic E-state index is 12.7. The van der Waals surface area contributed by atoms with E-state index in [9.17, 15) is 4.79 Å². The van der Waals surface area contributed by atoms with Crippen molar-refractivity contribution < 1.29 is 19.1 Å². The standard InChI is InChI=1S/C12H15N7O5/c13-3-1-2-4(7(20)9(24-19)6(3)15)8(23-18)11-10(5(2)14)21-12(16,17)22-11/h1H,13-19H2. The molecule has 0 radical (unpaired) electrons. The normalized spacial score (nSPS) is 14.7. The van der Waals surface area contributed by atoms with Crippen molar-refractivity contribution in [3.63, 3.8) is 0 Å². The number of hydrogen-bond donors (Lipinski definition) is 7. The molecule has 3 rings (SSSR count). The lowest BCUT2D eigenvalue weighted by Gasteiger charge is -2.15. The maximum Gasteiger partial charge on any atom is 0.377 e. The summed E-state index contributed by atoms with van der Waals surface area (Å²) in [5.74, 6) is 9.50. The van der Waals surface area contributed by atoms with Crippen LogP contribution in [-0.2, 0) is 0 Å². The Labute approximate surface area is 133 Å². The lowest BCUT2D eigenvalue weighted by atomic mass is 10.1. The van der Waals surface area contributed by atoms with Gasteiger partial charge in [-0.3, -0.25) is 4.79 Å². The van der Waals surface area contributed by atoms with Gasteiger partial charge in [-0.2, -0.15) is 11.8 Å². The zero-order valence-corrected chi connectivity index (χ0v) is 12.2. The van der Waals surface area contributed by atoms with Crippen LogP contribution in [0.25, 0.3) is 10.8 Å². The Morgan fingerprint density at radius 1 is 0.917 bits per heavy atom. The number of hydrogen-bond acceptors (Lipinski definition) is 12. The minimum atomic E-state index is -2.02. The number of nitrogens with two attached hydrogens (primary N) is 7. The summed E-state index contributed by atoms with van der Waals surface area (Å²) in [7, 11) is 0. The van der Waals surface area contributed by atoms with Crippen LogP contribution in [0.3, 0.4) is 0 Å². The maximum absolute atomic E-state index is 12.7. The number of rotatable bonds is 2. The van der Waals surface area contributed by atoms with E-state index >= 15 is 0 Å². The minimum absolute atomic E-state index is 0.0251. The third-order valence-electron chi connectivity index (χ3n) is 3.49. The summed E-state index contributed by atoms with van der Waals surface area (Å²) in [5, 5.41) is -0.0492. The SMILES string of the molecule is NOc1c(N)c(N)cc2c(N)c3c(c(ON)c2c1=O)OC(N)(N)O3. The second-order valence-electron chi connectivity index (χ2n) is 5.02. The van der Waals surface area contributed by atoms with Gasteiger partial charge in [0.1, 0.15) is 5.69 Å². The minimum Gasteiger partial charge on any atom is -0.421 e. The van der Waals surface area contributed by atoms with E-state index in [0.29, 0.717) is 0 Å². The topological polar surface area (TPSA) is 236 Å². The van der Waals surface area contributed by atoms with Gasteiger partial charge in [0.25, 0.3) is 0 Å². The fraction of sp³-hybridized carbons (Fsp3) is 0.0833. The van der Waals surface area contributed by atoms with Crippen molar-refractivity contribution in [2.24, 2.45) is 23.3 Å². The molecule has 0 saturated heterocycles. The van der Waals surface area contributed by atoms with E-state index in [1.54, 1.807) is 0 Å². The number of nitrogen functional groups attached to an aromatic ring is 3. The van der Waals surface area contributed by atoms with Gasteiger partial charge in [0.15, 0.2) is 5.75 Å². The molecule has 0 atom stereocenters. The third-order valence-corrected chi connectivity index (χ3v) is 3.49. The van der Waals surface area contributed by atoms with Crippen molar-refractivity contribution in [1.82, 2.24) is 0 Å². The van der Waals surface area contributed by atoms with Crippen LogP contribution in [0, 0.1) is 0 Å². The smallest absolute Gasteiger partial charge is 0.377 e. The van der Waals surface area contributed by atoms with Gasteiger partial charge in [0, 0.05) is 5.39 Å². The van der Waals surface area contributed by atoms with Crippen LogP contribution in [0.5, 0.6) is 23.0 Å². The van der Waals surface area contributed by atoms with Crippen molar-refractivity contribution in [2.75, 3.05) is 17.2 Å². The second kappa shape index (κ2) is 4.90. The van der Waals surface area contributed by atoms with Gasteiger partial charge < -0.3 is 36.3 Å². The van der Waals surface area contributed by atoms with E-state index in [0.717, 1.165) is 0 Å². The molecule has 24 heavy (non-hydrogen) atoms. The van der Waals surface area contributed by atoms with Gasteiger partial charge >= 0.3 is 6.03 Å². The first kappa shape index (κ1) is 15.7. The monoisotopic (exact) mass is 337 g/mol. The van der Waals surface area contributed by atoms with E-state index in [4.69, 9.17) is 54.8 Å². The number of fused-ring (bicyclic) bond motifs is 2. The first-order chi connectivity index (χ1) is 11.2. The molecule has 0 aromatic heterocycles. The van der Waals surface area contributed by atoms with E-state index in [-0.39, 0.29) is 45.1 Å². The molecule has 0 fully saturated rings. The Kier molecular flexibility index (Phi) is 3.21. The largest absolute Gasteiger partial charge is 0.421 e. The van der Waals surface area contributed by atoms with E-state index in [1.807, 2.05) is 0 Å². The predicted octanol–water partition coefficient (Wildman–Crippen LogP) is -2.25. The van der Waals surface area contributed by atoms with Gasteiger partial charge in [-0.05, 0) is 6.07 Å². The molecule has 2 aromatic carbocycles. The Morgan fingerprint density at radius 2 is 1.50 bits per heavy atom. The molecule has 128 valence electrons. The molecule has 12 nitrogen and oxygen atoms in total. The highest BCUT2D eigenvalue weighted by Crippen LogP contribution is 2.52. The lowest BCUT2D eigenvalue weighted by molar-refractivity contribution is -0.0677. The summed E-state index contributed by atoms with van der Waals surface area (Å²) in [4.78, 5) is 22.1. The van der Waals surface area contributed by atoms with Crippen LogP contribution in [0.15, 0.2) is 10.9 Å². The van der Waals surface area contributed by atoms with Gasteiger partial charge in [0.2, 0.25) is 22.7 Å². The molecule has 1 aliphatic heterocycles. The van der Waals surface area contributed by atoms with E-state index in [2.05, 4.69) is 4.84 Å². The van der Waals surface area contributed by atoms with Gasteiger partial charge in [-0.1, -0.05) is 0 Å². The third kappa shape index (κ3) is 1.99. The van der Waals surface area contributed by atoms with Crippen molar-refractivity contribution in [2.45, 2.75) is 6.03 Å². The average molecular weight is 337 g/mol. The number of anilines is 3. The van der Waals surface area contributed by atoms with Crippen LogP contribution < -0.4 is 65.0 Å². The van der Waals surface area contributed by atoms with Crippen LogP contribution in [-0.4, -0.2) is 6.03 Å². The Hall–Kier alpha value is -3.19. The summed E-state index contributed by atoms with van der Waals surface area (Å²) in [5.41, 5.74) is 27.7. The van der Waals surface area contributed by atoms with Crippen molar-refractivity contribution in [1.29, 1.82) is 0 Å². The first-order valence-electron chi connectivity index (χ1n) is 6.42. The highest BCUT2D eigenvalue weighted by molar-refractivity contribution is 6.05. The second-order valence-corrected chi connectivity index (χ2v) is 5.02. The van der Waals surface area contributed by atoms with Gasteiger partial charge in [-0.15, -0.1) is 0 Å². The average Bonchev–Trinajstić information content (AvgIpc) is 2.80. The summed E-state index contributed by atoms with van der Waals surface area (Å²) in [6.07, 6.45) is 0. The van der Waals surface area contributed by atoms with Crippen LogP contribution in [0.1, 0.15) is 0 Å². The Morgan fingerprint density at radius 3 is 2.08 bits per heavy atom. The van der Waals surface area contributed by atoms with Gasteiger partial charge in [0.05, 0.1) is 16.8 Å². The fourth-order valence-corrected chi connectivity index (χ4v) is 2.46. The molecule has 0 saturated carbocycles. The zero-order chi connectivity index (χ0) is 17.8. The molecule has 1 aliphatic rings. The number of benzene rings is 1. The summed E-state index contributed by atoms with van der Waals surface area (Å²) >= 11 is 0. The molecule has 0 unspecified atom stereocenters. The van der Waals surface area contributed by atoms with Crippen LogP contribution in [0.4, 0.5) is 17.1 Å². The van der Waals surface area contributed by atoms with E-state index < -0.39 is 17.2 Å². The van der Waals surface area contributed by atoms with Gasteiger partial charge in [-0.25, -0.2) is 11.5 Å². The molecule has 0 amide bonds. The Bertz CT molecular complexity index is 930. The first-order valence-corrected chi connectivity index (χ1v) is 6.42. The molecular formula is C12H15N7O5. The van der Waals surface area contributed by atoms with Crippen LogP contribution >= 0.6 is 0 Å². The molecule has 1 heterocycles.